The van der Waals surface area contributed by atoms with Gasteiger partial charge >= 0.3 is 0 Å². The van der Waals surface area contributed by atoms with Gasteiger partial charge in [0.25, 0.3) is 5.91 Å². The number of nitrogens with one attached hydrogen (secondary N) is 1. The lowest BCUT2D eigenvalue weighted by Crippen LogP contribution is -2.45. The Bertz CT molecular complexity index is 1570. The summed E-state index contributed by atoms with van der Waals surface area (Å²) in [6, 6.07) is 41.9. The van der Waals surface area contributed by atoms with E-state index < -0.39 is 11.4 Å². The van der Waals surface area contributed by atoms with Crippen molar-refractivity contribution in [3.8, 4) is 0 Å². The van der Waals surface area contributed by atoms with Crippen molar-refractivity contribution in [1.82, 2.24) is 9.78 Å². The van der Waals surface area contributed by atoms with Gasteiger partial charge in [0.15, 0.2) is 0 Å². The molecule has 1 aliphatic heterocycles. The third-order valence-electron chi connectivity index (χ3n) is 7.44. The zero-order valence-electron chi connectivity index (χ0n) is 21.6. The highest BCUT2D eigenvalue weighted by Crippen LogP contribution is 2.47. The summed E-state index contributed by atoms with van der Waals surface area (Å²) < 4.78 is 2.00. The predicted octanol–water partition coefficient (Wildman–Crippen LogP) is 6.24. The number of allylic oxidation sites excluding steroid dienone is 2. The van der Waals surface area contributed by atoms with Crippen molar-refractivity contribution in [1.29, 1.82) is 0 Å². The standard InChI is InChI=1S/C34H30N4O/c35-32(39)29-24-36-38-33(29)37-30(21-25-13-5-1-6-14-25)31(28-19-11-4-12-20-28)34(38,22-26-15-7-2-8-16-26)23-27-17-9-3-10-18-27/h1-20,24,37H,21-23H2,(H2,35,39). The molecule has 0 bridgehead atoms. The topological polar surface area (TPSA) is 72.9 Å². The van der Waals surface area contributed by atoms with Crippen molar-refractivity contribution in [3.63, 3.8) is 0 Å². The molecule has 0 unspecified atom stereocenters. The van der Waals surface area contributed by atoms with Crippen LogP contribution in [0, 0.1) is 0 Å². The van der Waals surface area contributed by atoms with Crippen LogP contribution in [0.5, 0.6) is 0 Å². The number of amides is 1. The second-order valence-electron chi connectivity index (χ2n) is 10.0. The Morgan fingerprint density at radius 1 is 0.718 bits per heavy atom. The monoisotopic (exact) mass is 510 g/mol. The second kappa shape index (κ2) is 10.5. The quantitative estimate of drug-likeness (QED) is 0.259. The number of hydrogen-bond acceptors (Lipinski definition) is 3. The summed E-state index contributed by atoms with van der Waals surface area (Å²) in [5.74, 6) is 0.138. The van der Waals surface area contributed by atoms with Gasteiger partial charge in [-0.15, -0.1) is 0 Å². The van der Waals surface area contributed by atoms with Gasteiger partial charge in [-0.25, -0.2) is 4.68 Å². The molecule has 0 atom stereocenters. The molecule has 0 spiro atoms. The Labute approximate surface area is 228 Å². The van der Waals surface area contributed by atoms with E-state index in [-0.39, 0.29) is 0 Å². The number of carbonyl (C=O) groups is 1. The van der Waals surface area contributed by atoms with E-state index >= 15 is 0 Å². The van der Waals surface area contributed by atoms with Gasteiger partial charge in [-0.2, -0.15) is 5.10 Å². The number of fused-ring (bicyclic) bond motifs is 1. The van der Waals surface area contributed by atoms with E-state index in [4.69, 9.17) is 10.8 Å². The molecule has 0 radical (unpaired) electrons. The Balaban J connectivity index is 1.67. The summed E-state index contributed by atoms with van der Waals surface area (Å²) in [7, 11) is 0. The Morgan fingerprint density at radius 3 is 1.72 bits per heavy atom. The highest BCUT2D eigenvalue weighted by molar-refractivity contribution is 5.99. The number of primary amides is 1. The lowest BCUT2D eigenvalue weighted by Gasteiger charge is -2.43. The smallest absolute Gasteiger partial charge is 0.254 e. The second-order valence-corrected chi connectivity index (χ2v) is 10.0. The Morgan fingerprint density at radius 2 is 1.21 bits per heavy atom. The summed E-state index contributed by atoms with van der Waals surface area (Å²) in [6.45, 7) is 0. The molecule has 4 aromatic carbocycles. The molecule has 0 fully saturated rings. The lowest BCUT2D eigenvalue weighted by atomic mass is 9.73. The number of rotatable bonds is 8. The SMILES string of the molecule is NC(=O)c1cnn2c1NC(Cc1ccccc1)=C(c1ccccc1)C2(Cc1ccccc1)Cc1ccccc1. The largest absolute Gasteiger partial charge is 0.365 e. The van der Waals surface area contributed by atoms with Crippen LogP contribution < -0.4 is 11.1 Å². The van der Waals surface area contributed by atoms with Crippen molar-refractivity contribution < 1.29 is 4.79 Å². The van der Waals surface area contributed by atoms with Gasteiger partial charge in [0.2, 0.25) is 0 Å². The molecule has 3 N–H and O–H groups in total. The minimum Gasteiger partial charge on any atom is -0.365 e. The van der Waals surface area contributed by atoms with Crippen molar-refractivity contribution in [2.24, 2.45) is 5.73 Å². The van der Waals surface area contributed by atoms with Gasteiger partial charge in [0.05, 0.1) is 6.20 Å². The fourth-order valence-corrected chi connectivity index (χ4v) is 5.80. The first-order valence-electron chi connectivity index (χ1n) is 13.2. The van der Waals surface area contributed by atoms with Crippen LogP contribution in [0.4, 0.5) is 5.82 Å². The number of hydrogen-bond donors (Lipinski definition) is 2. The highest BCUT2D eigenvalue weighted by atomic mass is 16.1. The minimum absolute atomic E-state index is 0.387. The third kappa shape index (κ3) is 4.75. The first-order chi connectivity index (χ1) is 19.1. The lowest BCUT2D eigenvalue weighted by molar-refractivity contribution is 0.100. The van der Waals surface area contributed by atoms with Crippen molar-refractivity contribution in [3.05, 3.63) is 161 Å². The van der Waals surface area contributed by atoms with Gasteiger partial charge in [-0.05, 0) is 22.3 Å². The summed E-state index contributed by atoms with van der Waals surface area (Å²) in [5.41, 5.74) is 12.5. The number of carbonyl (C=O) groups excluding carboxylic acids is 1. The molecule has 192 valence electrons. The Kier molecular flexibility index (Phi) is 6.55. The molecular formula is C34H30N4O. The van der Waals surface area contributed by atoms with E-state index in [0.717, 1.165) is 16.8 Å². The molecule has 5 heteroatoms. The number of aromatic nitrogens is 2. The van der Waals surface area contributed by atoms with Crippen molar-refractivity contribution >= 4 is 17.3 Å². The van der Waals surface area contributed by atoms with Crippen LogP contribution in [-0.4, -0.2) is 15.7 Å². The fraction of sp³-hybridized carbons (Fsp3) is 0.118. The molecule has 5 aromatic rings. The van der Waals surface area contributed by atoms with Crippen molar-refractivity contribution in [2.75, 3.05) is 5.32 Å². The van der Waals surface area contributed by atoms with Gasteiger partial charge in [-0.3, -0.25) is 4.79 Å². The van der Waals surface area contributed by atoms with E-state index in [1.54, 1.807) is 6.20 Å². The maximum atomic E-state index is 12.6. The molecule has 39 heavy (non-hydrogen) atoms. The van der Waals surface area contributed by atoms with Gasteiger partial charge < -0.3 is 11.1 Å². The fourth-order valence-electron chi connectivity index (χ4n) is 5.80. The van der Waals surface area contributed by atoms with Crippen LogP contribution in [0.2, 0.25) is 0 Å². The van der Waals surface area contributed by atoms with Gasteiger partial charge in [0.1, 0.15) is 16.9 Å². The van der Waals surface area contributed by atoms with E-state index in [1.807, 2.05) is 28.9 Å². The summed E-state index contributed by atoms with van der Waals surface area (Å²) in [6.07, 6.45) is 3.63. The van der Waals surface area contributed by atoms with Crippen LogP contribution in [0.1, 0.15) is 32.6 Å². The van der Waals surface area contributed by atoms with E-state index in [1.165, 1.54) is 16.7 Å². The number of nitrogens with two attached hydrogens (primary N) is 1. The summed E-state index contributed by atoms with van der Waals surface area (Å²) in [4.78, 5) is 12.6. The van der Waals surface area contributed by atoms with Crippen molar-refractivity contribution in [2.45, 2.75) is 24.8 Å². The average Bonchev–Trinajstić information content (AvgIpc) is 3.40. The van der Waals surface area contributed by atoms with Crippen LogP contribution in [-0.2, 0) is 24.8 Å². The van der Waals surface area contributed by atoms with Crippen LogP contribution in [0.25, 0.3) is 5.57 Å². The van der Waals surface area contributed by atoms with Gasteiger partial charge in [-0.1, -0.05) is 121 Å². The zero-order valence-corrected chi connectivity index (χ0v) is 21.6. The first kappa shape index (κ1) is 24.4. The summed E-state index contributed by atoms with van der Waals surface area (Å²) in [5, 5.41) is 8.49. The zero-order chi connectivity index (χ0) is 26.7. The number of anilines is 1. The summed E-state index contributed by atoms with van der Waals surface area (Å²) >= 11 is 0. The number of nitrogens with zero attached hydrogens (tertiary/aromatic N) is 2. The third-order valence-corrected chi connectivity index (χ3v) is 7.44. The normalized spacial score (nSPS) is 13.9. The molecule has 0 aliphatic carbocycles. The van der Waals surface area contributed by atoms with Crippen LogP contribution in [0.3, 0.4) is 0 Å². The minimum atomic E-state index is -0.636. The maximum absolute atomic E-state index is 12.6. The van der Waals surface area contributed by atoms with Crippen LogP contribution in [0.15, 0.2) is 133 Å². The van der Waals surface area contributed by atoms with Gasteiger partial charge in [0, 0.05) is 30.5 Å². The Hall–Kier alpha value is -4.90. The van der Waals surface area contributed by atoms with E-state index in [9.17, 15) is 4.79 Å². The molecular weight excluding hydrogens is 480 g/mol. The first-order valence-corrected chi connectivity index (χ1v) is 13.2. The molecule has 0 saturated heterocycles. The molecule has 1 aromatic heterocycles. The molecule has 2 heterocycles. The molecule has 1 aliphatic rings. The molecule has 0 saturated carbocycles. The maximum Gasteiger partial charge on any atom is 0.254 e. The predicted molar refractivity (Wildman–Crippen MR) is 156 cm³/mol. The highest BCUT2D eigenvalue weighted by Gasteiger charge is 2.45. The van der Waals surface area contributed by atoms with Crippen LogP contribution >= 0.6 is 0 Å². The number of benzene rings is 4. The average molecular weight is 511 g/mol. The molecule has 1 amide bonds. The molecule has 5 nitrogen and oxygen atoms in total. The van der Waals surface area contributed by atoms with E-state index in [2.05, 4.69) is 102 Å². The van der Waals surface area contributed by atoms with E-state index in [0.29, 0.717) is 30.6 Å². The molecule has 6 rings (SSSR count).